The topological polar surface area (TPSA) is 124 Å². The van der Waals surface area contributed by atoms with E-state index in [0.717, 1.165) is 11.3 Å². The van der Waals surface area contributed by atoms with E-state index in [9.17, 15) is 14.4 Å². The maximum atomic E-state index is 12.7. The van der Waals surface area contributed by atoms with Crippen molar-refractivity contribution in [1.82, 2.24) is 14.6 Å². The summed E-state index contributed by atoms with van der Waals surface area (Å²) in [4.78, 5) is 40.6. The molecule has 0 unspecified atom stereocenters. The van der Waals surface area contributed by atoms with Crippen molar-refractivity contribution in [2.45, 2.75) is 6.92 Å². The lowest BCUT2D eigenvalue weighted by molar-refractivity contribution is -0.119. The number of hydrogen-bond donors (Lipinski definition) is 2. The second kappa shape index (κ2) is 9.82. The van der Waals surface area contributed by atoms with Crippen LogP contribution in [0.5, 0.6) is 5.75 Å². The molecule has 4 rings (SSSR count). The van der Waals surface area contributed by atoms with Crippen molar-refractivity contribution >= 4 is 34.8 Å². The molecule has 0 aliphatic rings. The predicted octanol–water partition coefficient (Wildman–Crippen LogP) is 3.16. The molecule has 34 heavy (non-hydrogen) atoms. The molecular weight excluding hydrogens is 438 g/mol. The molecule has 0 spiro atoms. The summed E-state index contributed by atoms with van der Waals surface area (Å²) in [6.07, 6.45) is 2.94. The maximum absolute atomic E-state index is 12.7. The highest BCUT2D eigenvalue weighted by atomic mass is 16.5. The van der Waals surface area contributed by atoms with Crippen LogP contribution in [0.2, 0.25) is 0 Å². The molecule has 0 fully saturated rings. The monoisotopic (exact) mass is 459 g/mol. The highest BCUT2D eigenvalue weighted by molar-refractivity contribution is 5.99. The summed E-state index contributed by atoms with van der Waals surface area (Å²) >= 11 is 0. The van der Waals surface area contributed by atoms with Gasteiger partial charge in [-0.05, 0) is 24.3 Å². The average Bonchev–Trinajstić information content (AvgIpc) is 3.27. The fourth-order valence-corrected chi connectivity index (χ4v) is 3.34. The largest absolute Gasteiger partial charge is 0.495 e. The van der Waals surface area contributed by atoms with Crippen LogP contribution in [0.25, 0.3) is 16.9 Å². The number of benzene rings is 2. The quantitative estimate of drug-likeness (QED) is 0.407. The summed E-state index contributed by atoms with van der Waals surface area (Å²) in [5.41, 5.74) is 2.92. The second-order valence-electron chi connectivity index (χ2n) is 7.21. The van der Waals surface area contributed by atoms with Gasteiger partial charge in [0.1, 0.15) is 11.3 Å². The lowest BCUT2D eigenvalue weighted by atomic mass is 10.1. The summed E-state index contributed by atoms with van der Waals surface area (Å²) in [6, 6.07) is 16.1. The number of nitrogens with zero attached hydrogens (tertiary/aromatic N) is 3. The SMILES string of the molecule is COc1ccc(NC(C)=O)cc1NC(=O)COC(=O)c1cnn2c(-c3ccccc3)ccnc12. The van der Waals surface area contributed by atoms with Gasteiger partial charge in [-0.2, -0.15) is 5.10 Å². The standard InChI is InChI=1S/C24H21N5O5/c1-15(30)27-17-8-9-21(33-2)19(12-17)28-22(31)14-34-24(32)18-13-26-29-20(10-11-25-23(18)29)16-6-4-3-5-7-16/h3-13H,14H2,1-2H3,(H,27,30)(H,28,31). The van der Waals surface area contributed by atoms with Gasteiger partial charge in [0.2, 0.25) is 5.91 Å². The first-order valence-electron chi connectivity index (χ1n) is 10.3. The number of esters is 1. The van der Waals surface area contributed by atoms with Gasteiger partial charge in [-0.3, -0.25) is 9.59 Å². The van der Waals surface area contributed by atoms with Gasteiger partial charge in [0, 0.05) is 24.4 Å². The number of methoxy groups -OCH3 is 1. The third-order valence-corrected chi connectivity index (χ3v) is 4.82. The molecule has 0 atom stereocenters. The van der Waals surface area contributed by atoms with E-state index in [-0.39, 0.29) is 11.5 Å². The number of carbonyl (C=O) groups excluding carboxylic acids is 3. The Morgan fingerprint density at radius 3 is 2.56 bits per heavy atom. The minimum absolute atomic E-state index is 0.135. The maximum Gasteiger partial charge on any atom is 0.344 e. The van der Waals surface area contributed by atoms with Crippen molar-refractivity contribution in [1.29, 1.82) is 0 Å². The number of hydrogen-bond acceptors (Lipinski definition) is 7. The second-order valence-corrected chi connectivity index (χ2v) is 7.21. The zero-order chi connectivity index (χ0) is 24.1. The van der Waals surface area contributed by atoms with Gasteiger partial charge in [0.15, 0.2) is 12.3 Å². The molecule has 10 nitrogen and oxygen atoms in total. The summed E-state index contributed by atoms with van der Waals surface area (Å²) in [5.74, 6) is -1.19. The number of ether oxygens (including phenoxy) is 2. The van der Waals surface area contributed by atoms with Crippen LogP contribution >= 0.6 is 0 Å². The molecule has 0 aliphatic heterocycles. The lowest BCUT2D eigenvalue weighted by Crippen LogP contribution is -2.21. The average molecular weight is 459 g/mol. The van der Waals surface area contributed by atoms with Crippen LogP contribution in [0, 0.1) is 0 Å². The summed E-state index contributed by atoms with van der Waals surface area (Å²) in [5, 5.41) is 9.51. The van der Waals surface area contributed by atoms with E-state index in [1.54, 1.807) is 35.0 Å². The van der Waals surface area contributed by atoms with Crippen LogP contribution in [-0.2, 0) is 14.3 Å². The van der Waals surface area contributed by atoms with Gasteiger partial charge in [-0.15, -0.1) is 0 Å². The molecule has 0 bridgehead atoms. The molecular formula is C24H21N5O5. The molecule has 0 saturated heterocycles. The van der Waals surface area contributed by atoms with E-state index in [1.807, 2.05) is 30.3 Å². The van der Waals surface area contributed by atoms with Gasteiger partial charge in [0.05, 0.1) is 24.7 Å². The Balaban J connectivity index is 1.46. The van der Waals surface area contributed by atoms with Gasteiger partial charge >= 0.3 is 5.97 Å². The zero-order valence-electron chi connectivity index (χ0n) is 18.4. The van der Waals surface area contributed by atoms with Crippen molar-refractivity contribution in [2.75, 3.05) is 24.4 Å². The first-order valence-corrected chi connectivity index (χ1v) is 10.3. The van der Waals surface area contributed by atoms with Crippen LogP contribution in [0.4, 0.5) is 11.4 Å². The van der Waals surface area contributed by atoms with E-state index < -0.39 is 18.5 Å². The molecule has 2 N–H and O–H groups in total. The molecule has 2 aromatic carbocycles. The first kappa shape index (κ1) is 22.5. The summed E-state index contributed by atoms with van der Waals surface area (Å²) in [6.45, 7) is 0.835. The minimum Gasteiger partial charge on any atom is -0.495 e. The molecule has 10 heteroatoms. The number of anilines is 2. The minimum atomic E-state index is -0.734. The number of carbonyl (C=O) groups is 3. The van der Waals surface area contributed by atoms with Crippen LogP contribution in [0.1, 0.15) is 17.3 Å². The van der Waals surface area contributed by atoms with E-state index >= 15 is 0 Å². The van der Waals surface area contributed by atoms with Crippen molar-refractivity contribution in [3.8, 4) is 17.0 Å². The number of amides is 2. The Hall–Kier alpha value is -4.73. The number of nitrogens with one attached hydrogen (secondary N) is 2. The first-order chi connectivity index (χ1) is 16.5. The van der Waals surface area contributed by atoms with Crippen LogP contribution in [-0.4, -0.2) is 46.1 Å². The molecule has 0 radical (unpaired) electrons. The number of rotatable bonds is 7. The number of fused-ring (bicyclic) bond motifs is 1. The van der Waals surface area contributed by atoms with E-state index in [4.69, 9.17) is 9.47 Å². The highest BCUT2D eigenvalue weighted by Gasteiger charge is 2.19. The fourth-order valence-electron chi connectivity index (χ4n) is 3.34. The molecule has 2 heterocycles. The zero-order valence-corrected chi connectivity index (χ0v) is 18.4. The third-order valence-electron chi connectivity index (χ3n) is 4.82. The smallest absolute Gasteiger partial charge is 0.344 e. The molecule has 4 aromatic rings. The van der Waals surface area contributed by atoms with Crippen molar-refractivity contribution in [3.63, 3.8) is 0 Å². The van der Waals surface area contributed by atoms with Crippen LogP contribution in [0.3, 0.4) is 0 Å². The van der Waals surface area contributed by atoms with Crippen molar-refractivity contribution in [3.05, 3.63) is 72.6 Å². The fraction of sp³-hybridized carbons (Fsp3) is 0.125. The third kappa shape index (κ3) is 4.85. The van der Waals surface area contributed by atoms with E-state index in [0.29, 0.717) is 22.8 Å². The van der Waals surface area contributed by atoms with Crippen molar-refractivity contribution < 1.29 is 23.9 Å². The molecule has 2 amide bonds. The Bertz CT molecular complexity index is 1370. The Morgan fingerprint density at radius 1 is 1.03 bits per heavy atom. The predicted molar refractivity (Wildman–Crippen MR) is 125 cm³/mol. The normalized spacial score (nSPS) is 10.5. The number of aromatic nitrogens is 3. The van der Waals surface area contributed by atoms with Gasteiger partial charge in [-0.1, -0.05) is 30.3 Å². The summed E-state index contributed by atoms with van der Waals surface area (Å²) < 4.78 is 12.0. The van der Waals surface area contributed by atoms with Gasteiger partial charge in [0.25, 0.3) is 5.91 Å². The van der Waals surface area contributed by atoms with Gasteiger partial charge in [-0.25, -0.2) is 14.3 Å². The van der Waals surface area contributed by atoms with Crippen LogP contribution < -0.4 is 15.4 Å². The van der Waals surface area contributed by atoms with Gasteiger partial charge < -0.3 is 20.1 Å². The lowest BCUT2D eigenvalue weighted by Gasteiger charge is -2.12. The van der Waals surface area contributed by atoms with E-state index in [1.165, 1.54) is 20.2 Å². The molecule has 0 aliphatic carbocycles. The van der Waals surface area contributed by atoms with E-state index in [2.05, 4.69) is 20.7 Å². The molecule has 172 valence electrons. The molecule has 0 saturated carbocycles. The Labute approximate surface area is 194 Å². The Kier molecular flexibility index (Phi) is 6.49. The highest BCUT2D eigenvalue weighted by Crippen LogP contribution is 2.28. The Morgan fingerprint density at radius 2 is 1.82 bits per heavy atom. The summed E-state index contributed by atoms with van der Waals surface area (Å²) in [7, 11) is 1.45. The molecule has 2 aromatic heterocycles. The van der Waals surface area contributed by atoms with Crippen LogP contribution in [0.15, 0.2) is 67.0 Å². The van der Waals surface area contributed by atoms with Crippen molar-refractivity contribution in [2.24, 2.45) is 0 Å².